The second kappa shape index (κ2) is 7.76. The molecule has 4 unspecified atom stereocenters. The molecule has 3 bridgehead atoms. The number of likely N-dealkylation sites (N-methyl/N-ethyl adjacent to an activating group) is 1. The van der Waals surface area contributed by atoms with Gasteiger partial charge in [-0.1, -0.05) is 18.9 Å². The molecule has 0 aromatic carbocycles. The van der Waals surface area contributed by atoms with Gasteiger partial charge in [0.15, 0.2) is 0 Å². The fourth-order valence-corrected chi connectivity index (χ4v) is 6.66. The summed E-state index contributed by atoms with van der Waals surface area (Å²) in [5.74, 6) is 0.843. The van der Waals surface area contributed by atoms with Crippen molar-refractivity contribution in [2.75, 3.05) is 33.2 Å². The van der Waals surface area contributed by atoms with Crippen molar-refractivity contribution in [3.63, 3.8) is 0 Å². The average molecular weight is 427 g/mol. The summed E-state index contributed by atoms with van der Waals surface area (Å²) < 4.78 is 6.31. The molecule has 0 spiro atoms. The first-order chi connectivity index (χ1) is 14.9. The van der Waals surface area contributed by atoms with Crippen molar-refractivity contribution in [3.05, 3.63) is 29.6 Å². The van der Waals surface area contributed by atoms with Crippen LogP contribution in [-0.2, 0) is 4.74 Å². The number of carbonyl (C=O) groups is 2. The van der Waals surface area contributed by atoms with Crippen molar-refractivity contribution in [1.29, 1.82) is 0 Å². The molecule has 1 N–H and O–H groups in total. The maximum atomic E-state index is 13.1. The SMILES string of the molecule is Cc1cccc(C(=O)NC23CCCC4CC2CC(OC(=O)N2CCN(C)CC2)(C4)C3)n1. The Balaban J connectivity index is 1.35. The highest BCUT2D eigenvalue weighted by Crippen LogP contribution is 2.59. The van der Waals surface area contributed by atoms with Gasteiger partial charge in [0, 0.05) is 43.8 Å². The summed E-state index contributed by atoms with van der Waals surface area (Å²) in [6, 6.07) is 5.56. The van der Waals surface area contributed by atoms with Gasteiger partial charge in [0.1, 0.15) is 11.3 Å². The van der Waals surface area contributed by atoms with Crippen molar-refractivity contribution in [2.45, 2.75) is 63.0 Å². The Morgan fingerprint density at radius 3 is 2.77 bits per heavy atom. The fourth-order valence-electron chi connectivity index (χ4n) is 6.66. The molecule has 7 nitrogen and oxygen atoms in total. The predicted octanol–water partition coefficient (Wildman–Crippen LogP) is 2.99. The summed E-state index contributed by atoms with van der Waals surface area (Å²) in [5, 5.41) is 3.41. The molecule has 2 amide bonds. The summed E-state index contributed by atoms with van der Waals surface area (Å²) in [6.45, 7) is 5.12. The third-order valence-electron chi connectivity index (χ3n) is 8.10. The molecule has 1 saturated heterocycles. The summed E-state index contributed by atoms with van der Waals surface area (Å²) in [5.41, 5.74) is 0.576. The lowest BCUT2D eigenvalue weighted by Crippen LogP contribution is -2.52. The van der Waals surface area contributed by atoms with Crippen molar-refractivity contribution in [3.8, 4) is 0 Å². The van der Waals surface area contributed by atoms with Crippen LogP contribution >= 0.6 is 0 Å². The molecular formula is C24H34N4O3. The third-order valence-corrected chi connectivity index (χ3v) is 8.10. The second-order valence-corrected chi connectivity index (χ2v) is 10.4. The van der Waals surface area contributed by atoms with Crippen LogP contribution < -0.4 is 5.32 Å². The van der Waals surface area contributed by atoms with Gasteiger partial charge in [-0.15, -0.1) is 0 Å². The maximum Gasteiger partial charge on any atom is 0.410 e. The highest BCUT2D eigenvalue weighted by Gasteiger charge is 2.62. The Bertz CT molecular complexity index is 868. The lowest BCUT2D eigenvalue weighted by molar-refractivity contribution is -0.0430. The minimum atomic E-state index is -0.443. The van der Waals surface area contributed by atoms with Crippen molar-refractivity contribution >= 4 is 12.0 Å². The average Bonchev–Trinajstić information content (AvgIpc) is 2.85. The Morgan fingerprint density at radius 1 is 1.19 bits per heavy atom. The standard InChI is InChI=1S/C24H34N4O3/c1-17-5-3-7-20(25-17)21(29)26-24-8-4-6-18-13-19(24)15-23(14-18,16-24)31-22(30)28-11-9-27(2)10-12-28/h3,5,7,18-19H,4,6,8-16H2,1-2H3,(H,26,29). The van der Waals surface area contributed by atoms with E-state index in [1.807, 2.05) is 24.0 Å². The summed E-state index contributed by atoms with van der Waals surface area (Å²) in [4.78, 5) is 34.7. The smallest absolute Gasteiger partial charge is 0.410 e. The molecule has 168 valence electrons. The second-order valence-electron chi connectivity index (χ2n) is 10.4. The highest BCUT2D eigenvalue weighted by atomic mass is 16.6. The first kappa shape index (κ1) is 20.7. The number of ether oxygens (including phenoxy) is 1. The van der Waals surface area contributed by atoms with Gasteiger partial charge in [-0.2, -0.15) is 0 Å². The van der Waals surface area contributed by atoms with E-state index >= 15 is 0 Å². The normalized spacial score (nSPS) is 35.0. The molecular weight excluding hydrogens is 392 g/mol. The van der Waals surface area contributed by atoms with E-state index in [9.17, 15) is 9.59 Å². The number of hydrogen-bond acceptors (Lipinski definition) is 5. The Kier molecular flexibility index (Phi) is 5.19. The Hall–Kier alpha value is -2.15. The van der Waals surface area contributed by atoms with E-state index in [0.29, 0.717) is 17.5 Å². The lowest BCUT2D eigenvalue weighted by atomic mass is 9.77. The summed E-state index contributed by atoms with van der Waals surface area (Å²) in [7, 11) is 2.08. The molecule has 0 radical (unpaired) electrons. The van der Waals surface area contributed by atoms with Gasteiger partial charge < -0.3 is 19.9 Å². The van der Waals surface area contributed by atoms with Gasteiger partial charge in [-0.3, -0.25) is 4.79 Å². The van der Waals surface area contributed by atoms with Gasteiger partial charge >= 0.3 is 6.09 Å². The number of piperazine rings is 1. The minimum absolute atomic E-state index is 0.102. The van der Waals surface area contributed by atoms with Crippen LogP contribution in [0, 0.1) is 18.8 Å². The van der Waals surface area contributed by atoms with E-state index in [-0.39, 0.29) is 17.5 Å². The largest absolute Gasteiger partial charge is 0.443 e. The van der Waals surface area contributed by atoms with E-state index in [2.05, 4.69) is 22.2 Å². The minimum Gasteiger partial charge on any atom is -0.443 e. The molecule has 4 fully saturated rings. The predicted molar refractivity (Wildman–Crippen MR) is 117 cm³/mol. The van der Waals surface area contributed by atoms with Crippen LogP contribution in [0.25, 0.3) is 0 Å². The topological polar surface area (TPSA) is 74.8 Å². The van der Waals surface area contributed by atoms with Gasteiger partial charge in [-0.05, 0) is 63.6 Å². The molecule has 1 aliphatic heterocycles. The molecule has 2 heterocycles. The van der Waals surface area contributed by atoms with E-state index in [1.165, 1.54) is 0 Å². The van der Waals surface area contributed by atoms with Crippen LogP contribution in [0.4, 0.5) is 4.79 Å². The zero-order valence-corrected chi connectivity index (χ0v) is 18.7. The molecule has 4 aliphatic rings. The number of fused-ring (bicyclic) bond motifs is 2. The number of nitrogens with one attached hydrogen (secondary N) is 1. The Labute approximate surface area is 184 Å². The van der Waals surface area contributed by atoms with Crippen LogP contribution in [0.3, 0.4) is 0 Å². The number of amides is 2. The van der Waals surface area contributed by atoms with Gasteiger partial charge in [0.2, 0.25) is 0 Å². The van der Waals surface area contributed by atoms with Crippen molar-refractivity contribution in [2.24, 2.45) is 11.8 Å². The monoisotopic (exact) mass is 426 g/mol. The van der Waals surface area contributed by atoms with Crippen LogP contribution in [0.15, 0.2) is 18.2 Å². The number of carbonyl (C=O) groups excluding carboxylic acids is 2. The number of pyridine rings is 1. The van der Waals surface area contributed by atoms with Crippen LogP contribution in [0.1, 0.15) is 61.1 Å². The molecule has 1 aromatic rings. The molecule has 5 rings (SSSR count). The van der Waals surface area contributed by atoms with Crippen molar-refractivity contribution < 1.29 is 14.3 Å². The number of hydrogen-bond donors (Lipinski definition) is 1. The molecule has 31 heavy (non-hydrogen) atoms. The fraction of sp³-hybridized carbons (Fsp3) is 0.708. The van der Waals surface area contributed by atoms with Crippen LogP contribution in [0.5, 0.6) is 0 Å². The van der Waals surface area contributed by atoms with E-state index in [4.69, 9.17) is 4.74 Å². The van der Waals surface area contributed by atoms with Crippen molar-refractivity contribution in [1.82, 2.24) is 20.1 Å². The molecule has 1 aromatic heterocycles. The molecule has 7 heteroatoms. The van der Waals surface area contributed by atoms with Crippen LogP contribution in [-0.4, -0.2) is 71.2 Å². The third kappa shape index (κ3) is 3.93. The van der Waals surface area contributed by atoms with E-state index in [1.54, 1.807) is 6.07 Å². The van der Waals surface area contributed by atoms with E-state index < -0.39 is 5.60 Å². The zero-order chi connectivity index (χ0) is 21.6. The van der Waals surface area contributed by atoms with Crippen LogP contribution in [0.2, 0.25) is 0 Å². The Morgan fingerprint density at radius 2 is 2.00 bits per heavy atom. The number of nitrogens with zero attached hydrogens (tertiary/aromatic N) is 3. The quantitative estimate of drug-likeness (QED) is 0.804. The highest BCUT2D eigenvalue weighted by molar-refractivity contribution is 5.93. The molecule has 3 saturated carbocycles. The first-order valence-corrected chi connectivity index (χ1v) is 11.8. The van der Waals surface area contributed by atoms with Gasteiger partial charge in [0.25, 0.3) is 5.91 Å². The zero-order valence-electron chi connectivity index (χ0n) is 18.7. The van der Waals surface area contributed by atoms with E-state index in [0.717, 1.165) is 76.8 Å². The summed E-state index contributed by atoms with van der Waals surface area (Å²) >= 11 is 0. The maximum absolute atomic E-state index is 13.1. The number of rotatable bonds is 3. The number of aromatic nitrogens is 1. The number of aryl methyl sites for hydroxylation is 1. The lowest BCUT2D eigenvalue weighted by Gasteiger charge is -2.40. The molecule has 3 aliphatic carbocycles. The summed E-state index contributed by atoms with van der Waals surface area (Å²) in [6.07, 6.45) is 6.71. The van der Waals surface area contributed by atoms with Gasteiger partial charge in [0.05, 0.1) is 0 Å². The van der Waals surface area contributed by atoms with Gasteiger partial charge in [-0.25, -0.2) is 9.78 Å². The first-order valence-electron chi connectivity index (χ1n) is 11.8. The molecule has 4 atom stereocenters.